The van der Waals surface area contributed by atoms with Crippen LogP contribution >= 0.6 is 0 Å². The maximum absolute atomic E-state index is 12.9. The number of hydrogen-bond acceptors (Lipinski definition) is 2. The van der Waals surface area contributed by atoms with Crippen molar-refractivity contribution in [1.82, 2.24) is 9.80 Å². The molecular formula is C19H30N2O2. The number of rotatable bonds is 2. The maximum Gasteiger partial charge on any atom is 0.227 e. The third-order valence-corrected chi connectivity index (χ3v) is 6.81. The number of amides is 2. The van der Waals surface area contributed by atoms with E-state index in [4.69, 9.17) is 0 Å². The minimum atomic E-state index is 0.0593. The van der Waals surface area contributed by atoms with Crippen LogP contribution in [0.3, 0.4) is 0 Å². The van der Waals surface area contributed by atoms with Crippen LogP contribution in [0.25, 0.3) is 0 Å². The zero-order valence-electron chi connectivity index (χ0n) is 14.3. The molecule has 0 aromatic carbocycles. The van der Waals surface area contributed by atoms with Crippen LogP contribution in [0.2, 0.25) is 0 Å². The number of nitrogens with zero attached hydrogens (tertiary/aromatic N) is 2. The standard InChI is InChI=1S/C19H30N2O2/c22-17(15-5-6-15)21-11-3-4-16(14-21)18(23)20-12-9-19(10-13-20)7-1-2-8-19/h15-16H,1-14H2/t16-/m1/s1. The van der Waals surface area contributed by atoms with Crippen LogP contribution in [0.4, 0.5) is 0 Å². The molecule has 1 spiro atoms. The highest BCUT2D eigenvalue weighted by molar-refractivity contribution is 5.83. The van der Waals surface area contributed by atoms with Crippen molar-refractivity contribution in [2.45, 2.75) is 64.2 Å². The molecule has 2 aliphatic carbocycles. The summed E-state index contributed by atoms with van der Waals surface area (Å²) in [6, 6.07) is 0. The quantitative estimate of drug-likeness (QED) is 0.785. The van der Waals surface area contributed by atoms with Gasteiger partial charge in [0, 0.05) is 32.1 Å². The lowest BCUT2D eigenvalue weighted by molar-refractivity contribution is -0.143. The first-order valence-electron chi connectivity index (χ1n) is 9.74. The van der Waals surface area contributed by atoms with E-state index in [0.29, 0.717) is 23.8 Å². The molecule has 2 heterocycles. The van der Waals surface area contributed by atoms with E-state index in [9.17, 15) is 9.59 Å². The van der Waals surface area contributed by atoms with Gasteiger partial charge in [-0.3, -0.25) is 9.59 Å². The molecule has 2 saturated carbocycles. The summed E-state index contributed by atoms with van der Waals surface area (Å²) in [5.74, 6) is 0.974. The number of piperidine rings is 2. The summed E-state index contributed by atoms with van der Waals surface area (Å²) in [4.78, 5) is 29.3. The van der Waals surface area contributed by atoms with Crippen molar-refractivity contribution in [1.29, 1.82) is 0 Å². The Balaban J connectivity index is 1.32. The zero-order valence-corrected chi connectivity index (χ0v) is 14.3. The van der Waals surface area contributed by atoms with Gasteiger partial charge < -0.3 is 9.80 Å². The molecule has 4 fully saturated rings. The molecule has 0 unspecified atom stereocenters. The van der Waals surface area contributed by atoms with Crippen LogP contribution in [0, 0.1) is 17.3 Å². The Hall–Kier alpha value is -1.06. The van der Waals surface area contributed by atoms with Crippen LogP contribution in [0.1, 0.15) is 64.2 Å². The first kappa shape index (κ1) is 15.5. The Morgan fingerprint density at radius 1 is 0.696 bits per heavy atom. The van der Waals surface area contributed by atoms with Crippen molar-refractivity contribution in [2.75, 3.05) is 26.2 Å². The average Bonchev–Trinajstić information content (AvgIpc) is 3.36. The molecule has 0 aromatic heterocycles. The van der Waals surface area contributed by atoms with Crippen LogP contribution in [-0.2, 0) is 9.59 Å². The van der Waals surface area contributed by atoms with Gasteiger partial charge in [0.15, 0.2) is 0 Å². The molecule has 4 aliphatic rings. The second kappa shape index (κ2) is 6.10. The van der Waals surface area contributed by atoms with E-state index in [1.54, 1.807) is 0 Å². The van der Waals surface area contributed by atoms with Gasteiger partial charge in [0.1, 0.15) is 0 Å². The second-order valence-electron chi connectivity index (χ2n) is 8.43. The van der Waals surface area contributed by atoms with Crippen molar-refractivity contribution in [3.8, 4) is 0 Å². The molecule has 23 heavy (non-hydrogen) atoms. The lowest BCUT2D eigenvalue weighted by Crippen LogP contribution is -2.50. The molecule has 2 saturated heterocycles. The molecule has 4 nitrogen and oxygen atoms in total. The van der Waals surface area contributed by atoms with E-state index in [-0.39, 0.29) is 11.8 Å². The Labute approximate surface area is 139 Å². The normalized spacial score (nSPS) is 30.7. The summed E-state index contributed by atoms with van der Waals surface area (Å²) in [5, 5.41) is 0. The van der Waals surface area contributed by atoms with Gasteiger partial charge >= 0.3 is 0 Å². The summed E-state index contributed by atoms with van der Waals surface area (Å²) in [5.41, 5.74) is 0.567. The molecule has 0 N–H and O–H groups in total. The molecule has 1 atom stereocenters. The molecule has 2 amide bonds. The number of likely N-dealkylation sites (tertiary alicyclic amines) is 2. The third-order valence-electron chi connectivity index (χ3n) is 6.81. The van der Waals surface area contributed by atoms with Crippen molar-refractivity contribution in [3.05, 3.63) is 0 Å². The fraction of sp³-hybridized carbons (Fsp3) is 0.895. The molecule has 0 aromatic rings. The highest BCUT2D eigenvalue weighted by Gasteiger charge is 2.41. The van der Waals surface area contributed by atoms with Gasteiger partial charge in [-0.2, -0.15) is 0 Å². The number of hydrogen-bond donors (Lipinski definition) is 0. The molecule has 0 bridgehead atoms. The van der Waals surface area contributed by atoms with E-state index in [2.05, 4.69) is 4.90 Å². The first-order valence-corrected chi connectivity index (χ1v) is 9.74. The summed E-state index contributed by atoms with van der Waals surface area (Å²) in [7, 11) is 0. The Morgan fingerprint density at radius 3 is 2.00 bits per heavy atom. The molecular weight excluding hydrogens is 288 g/mol. The highest BCUT2D eigenvalue weighted by atomic mass is 16.2. The predicted molar refractivity (Wildman–Crippen MR) is 88.7 cm³/mol. The van der Waals surface area contributed by atoms with Gasteiger partial charge in [-0.1, -0.05) is 12.8 Å². The third kappa shape index (κ3) is 3.14. The van der Waals surface area contributed by atoms with Crippen LogP contribution in [0.15, 0.2) is 0 Å². The average molecular weight is 318 g/mol. The molecule has 2 aliphatic heterocycles. The summed E-state index contributed by atoms with van der Waals surface area (Å²) in [6.45, 7) is 3.44. The van der Waals surface area contributed by atoms with Gasteiger partial charge in [-0.15, -0.1) is 0 Å². The van der Waals surface area contributed by atoms with E-state index < -0.39 is 0 Å². The van der Waals surface area contributed by atoms with E-state index >= 15 is 0 Å². The van der Waals surface area contributed by atoms with Crippen LogP contribution in [0.5, 0.6) is 0 Å². The van der Waals surface area contributed by atoms with E-state index in [1.165, 1.54) is 38.5 Å². The molecule has 4 heteroatoms. The van der Waals surface area contributed by atoms with E-state index in [1.807, 2.05) is 4.90 Å². The van der Waals surface area contributed by atoms with Crippen molar-refractivity contribution in [3.63, 3.8) is 0 Å². The van der Waals surface area contributed by atoms with Gasteiger partial charge in [0.25, 0.3) is 0 Å². The first-order chi connectivity index (χ1) is 11.2. The van der Waals surface area contributed by atoms with Gasteiger partial charge in [-0.25, -0.2) is 0 Å². The van der Waals surface area contributed by atoms with Crippen LogP contribution < -0.4 is 0 Å². The summed E-state index contributed by atoms with van der Waals surface area (Å²) in [6.07, 6.45) is 12.0. The van der Waals surface area contributed by atoms with Gasteiger partial charge in [-0.05, 0) is 56.8 Å². The van der Waals surface area contributed by atoms with Crippen molar-refractivity contribution < 1.29 is 9.59 Å². The topological polar surface area (TPSA) is 40.6 Å². The lowest BCUT2D eigenvalue weighted by Gasteiger charge is -2.42. The monoisotopic (exact) mass is 318 g/mol. The van der Waals surface area contributed by atoms with Gasteiger partial charge in [0.05, 0.1) is 5.92 Å². The Morgan fingerprint density at radius 2 is 1.35 bits per heavy atom. The van der Waals surface area contributed by atoms with Gasteiger partial charge in [0.2, 0.25) is 11.8 Å². The predicted octanol–water partition coefficient (Wildman–Crippen LogP) is 2.82. The molecule has 4 rings (SSSR count). The van der Waals surface area contributed by atoms with Crippen LogP contribution in [-0.4, -0.2) is 47.8 Å². The Bertz CT molecular complexity index is 470. The largest absolute Gasteiger partial charge is 0.342 e. The maximum atomic E-state index is 12.9. The smallest absolute Gasteiger partial charge is 0.227 e. The highest BCUT2D eigenvalue weighted by Crippen LogP contribution is 2.46. The van der Waals surface area contributed by atoms with E-state index in [0.717, 1.165) is 45.3 Å². The SMILES string of the molecule is O=C(C1CC1)N1CCC[C@@H](C(=O)N2CCC3(CCCC3)CC2)C1. The van der Waals surface area contributed by atoms with Crippen molar-refractivity contribution >= 4 is 11.8 Å². The second-order valence-corrected chi connectivity index (χ2v) is 8.43. The summed E-state index contributed by atoms with van der Waals surface area (Å²) >= 11 is 0. The lowest BCUT2D eigenvalue weighted by atomic mass is 9.77. The molecule has 128 valence electrons. The fourth-order valence-corrected chi connectivity index (χ4v) is 5.05. The minimum Gasteiger partial charge on any atom is -0.342 e. The number of carbonyl (C=O) groups excluding carboxylic acids is 2. The fourth-order valence-electron chi connectivity index (χ4n) is 5.05. The number of carbonyl (C=O) groups is 2. The Kier molecular flexibility index (Phi) is 4.10. The zero-order chi connectivity index (χ0) is 15.9. The van der Waals surface area contributed by atoms with Crippen molar-refractivity contribution in [2.24, 2.45) is 17.3 Å². The molecule has 0 radical (unpaired) electrons. The minimum absolute atomic E-state index is 0.0593. The summed E-state index contributed by atoms with van der Waals surface area (Å²) < 4.78 is 0.